The third kappa shape index (κ3) is 12.2. The number of aromatic hydroxyl groups is 1. The van der Waals surface area contributed by atoms with Crippen LogP contribution in [0.5, 0.6) is 23.0 Å². The molecule has 16 heteroatoms. The van der Waals surface area contributed by atoms with Gasteiger partial charge in [-0.25, -0.2) is 9.59 Å². The number of ketones is 2. The van der Waals surface area contributed by atoms with Gasteiger partial charge >= 0.3 is 11.9 Å². The summed E-state index contributed by atoms with van der Waals surface area (Å²) in [7, 11) is 1.57. The van der Waals surface area contributed by atoms with Gasteiger partial charge < -0.3 is 47.6 Å². The first-order chi connectivity index (χ1) is 44.4. The van der Waals surface area contributed by atoms with Gasteiger partial charge in [0.2, 0.25) is 0 Å². The van der Waals surface area contributed by atoms with Gasteiger partial charge in [0.15, 0.2) is 11.6 Å². The first kappa shape index (κ1) is 60.3. The maximum absolute atomic E-state index is 14.8. The van der Waals surface area contributed by atoms with Crippen LogP contribution in [0.25, 0.3) is 65.2 Å². The lowest BCUT2D eigenvalue weighted by Gasteiger charge is -2.13. The SMILES string of the molecule is CCOc1ccc2ccccc2c1C(=O)c1ccc2c(c1)c1cc(/C(=N/OC(C)=O)c3ccccc3O)ccc1n2CCOCCOCCn1c2ccc(C(=O)c3c(OCC)ccc4ccccc34)cc2c2cc(/C(=N/OC(C)=O)c3ccccc3OC)ccc21. The Kier molecular flexibility index (Phi) is 17.8. The molecule has 12 aromatic rings. The fourth-order valence-electron chi connectivity index (χ4n) is 12.0. The van der Waals surface area contributed by atoms with Crippen LogP contribution in [0.1, 0.15) is 81.8 Å². The minimum absolute atomic E-state index is 0.0466. The van der Waals surface area contributed by atoms with Crippen LogP contribution in [0.3, 0.4) is 0 Å². The molecule has 0 atom stereocenters. The Morgan fingerprint density at radius 3 is 1.25 bits per heavy atom. The number of nitrogens with zero attached hydrogens (tertiary/aromatic N) is 4. The Morgan fingerprint density at radius 2 is 0.813 bits per heavy atom. The van der Waals surface area contributed by atoms with Crippen LogP contribution in [0.4, 0.5) is 0 Å². The number of phenols is 1. The largest absolute Gasteiger partial charge is 0.507 e. The molecule has 1 N–H and O–H groups in total. The summed E-state index contributed by atoms with van der Waals surface area (Å²) in [5, 5.41) is 26.2. The summed E-state index contributed by atoms with van der Waals surface area (Å²) in [6.45, 7) is 9.20. The number of para-hydroxylation sites is 2. The number of hydrogen-bond donors (Lipinski definition) is 1. The van der Waals surface area contributed by atoms with Crippen molar-refractivity contribution in [3.05, 3.63) is 239 Å². The van der Waals surface area contributed by atoms with E-state index < -0.39 is 11.9 Å². The Balaban J connectivity index is 0.822. The third-order valence-corrected chi connectivity index (χ3v) is 16.0. The van der Waals surface area contributed by atoms with E-state index in [-0.39, 0.29) is 29.6 Å². The second-order valence-electron chi connectivity index (χ2n) is 21.6. The molecule has 0 unspecified atom stereocenters. The van der Waals surface area contributed by atoms with Crippen molar-refractivity contribution in [2.24, 2.45) is 10.3 Å². The molecule has 0 saturated heterocycles. The van der Waals surface area contributed by atoms with E-state index in [0.29, 0.717) is 114 Å². The minimum atomic E-state index is -0.622. The van der Waals surface area contributed by atoms with E-state index >= 15 is 0 Å². The highest BCUT2D eigenvalue weighted by Gasteiger charge is 2.25. The van der Waals surface area contributed by atoms with Gasteiger partial charge in [-0.05, 0) is 132 Å². The number of methoxy groups -OCH3 is 1. The standard InChI is InChI=1S/C75H64N4O12/c1-6-88-68-34-28-48-16-8-10-18-54(48)70(68)74(83)52-26-32-64-60(44-52)58-42-50(72(76-90-46(3)80)56-20-12-14-22-66(56)82)24-30-62(58)78(64)36-38-86-40-41-87-39-37-79-63-31-25-51(73(77-91-47(4)81)57-21-13-15-23-67(57)85-5)43-59(63)61-45-53(27-33-65(61)79)75(84)71-55-19-11-9-17-49(55)29-35-69(71)89-7-2/h8-35,42-45,82H,6-7,36-41H2,1-5H3/b76-72-,77-73-. The Labute approximate surface area is 524 Å². The van der Waals surface area contributed by atoms with Gasteiger partial charge in [-0.15, -0.1) is 0 Å². The van der Waals surface area contributed by atoms with E-state index in [4.69, 9.17) is 33.4 Å². The summed E-state index contributed by atoms with van der Waals surface area (Å²) in [6, 6.07) is 60.2. The predicted octanol–water partition coefficient (Wildman–Crippen LogP) is 14.5. The predicted molar refractivity (Wildman–Crippen MR) is 354 cm³/mol. The number of carbonyl (C=O) groups is 4. The molecule has 0 saturated carbocycles. The van der Waals surface area contributed by atoms with Gasteiger partial charge in [-0.1, -0.05) is 107 Å². The van der Waals surface area contributed by atoms with Crippen molar-refractivity contribution in [2.45, 2.75) is 40.8 Å². The van der Waals surface area contributed by atoms with Crippen molar-refractivity contribution < 1.29 is 57.6 Å². The zero-order valence-corrected chi connectivity index (χ0v) is 50.9. The number of aromatic nitrogens is 2. The van der Waals surface area contributed by atoms with Crippen LogP contribution in [0.2, 0.25) is 0 Å². The van der Waals surface area contributed by atoms with Gasteiger partial charge in [-0.3, -0.25) is 9.59 Å². The van der Waals surface area contributed by atoms with E-state index in [1.165, 1.54) is 13.8 Å². The summed E-state index contributed by atoms with van der Waals surface area (Å²) in [6.07, 6.45) is 0. The minimum Gasteiger partial charge on any atom is -0.507 e. The van der Waals surface area contributed by atoms with E-state index in [1.54, 1.807) is 31.4 Å². The molecular weight excluding hydrogens is 1150 g/mol. The Morgan fingerprint density at radius 1 is 0.418 bits per heavy atom. The van der Waals surface area contributed by atoms with Gasteiger partial charge in [0.25, 0.3) is 0 Å². The van der Waals surface area contributed by atoms with Crippen molar-refractivity contribution in [3.8, 4) is 23.0 Å². The van der Waals surface area contributed by atoms with Crippen molar-refractivity contribution in [1.82, 2.24) is 9.13 Å². The number of hydrogen-bond acceptors (Lipinski definition) is 14. The molecule has 10 aromatic carbocycles. The summed E-state index contributed by atoms with van der Waals surface area (Å²) < 4.78 is 34.8. The van der Waals surface area contributed by atoms with Crippen molar-refractivity contribution in [3.63, 3.8) is 0 Å². The maximum Gasteiger partial charge on any atom is 0.332 e. The zero-order chi connectivity index (χ0) is 63.1. The van der Waals surface area contributed by atoms with Crippen LogP contribution in [0.15, 0.2) is 204 Å². The average molecular weight is 1210 g/mol. The lowest BCUT2D eigenvalue weighted by molar-refractivity contribution is -0.141. The number of rotatable bonds is 24. The molecule has 0 aliphatic rings. The summed E-state index contributed by atoms with van der Waals surface area (Å²) in [5.41, 5.74) is 8.15. The Hall–Kier alpha value is -10.9. The molecular formula is C75H64N4O12. The second kappa shape index (κ2) is 26.8. The molecule has 16 nitrogen and oxygen atoms in total. The van der Waals surface area contributed by atoms with Gasteiger partial charge in [-0.2, -0.15) is 0 Å². The molecule has 2 heterocycles. The molecule has 0 bridgehead atoms. The van der Waals surface area contributed by atoms with Crippen molar-refractivity contribution in [2.75, 3.05) is 46.8 Å². The highest BCUT2D eigenvalue weighted by atomic mass is 16.7. The number of carbonyl (C=O) groups excluding carboxylic acids is 4. The Bertz CT molecular complexity index is 4880. The quantitative estimate of drug-likeness (QED) is 0.0199. The lowest BCUT2D eigenvalue weighted by Crippen LogP contribution is -2.12. The number of benzene rings is 10. The summed E-state index contributed by atoms with van der Waals surface area (Å²) >= 11 is 0. The number of ether oxygens (including phenoxy) is 5. The number of fused-ring (bicyclic) bond motifs is 8. The molecule has 0 radical (unpaired) electrons. The second-order valence-corrected chi connectivity index (χ2v) is 21.6. The van der Waals surface area contributed by atoms with E-state index in [2.05, 4.69) is 19.4 Å². The topological polar surface area (TPSA) is 188 Å². The van der Waals surface area contributed by atoms with Crippen LogP contribution in [-0.4, -0.2) is 95.9 Å². The van der Waals surface area contributed by atoms with Crippen molar-refractivity contribution >= 4 is 100 Å². The molecule has 2 aromatic heterocycles. The molecule has 0 aliphatic heterocycles. The fourth-order valence-corrected chi connectivity index (χ4v) is 12.0. The third-order valence-electron chi connectivity index (χ3n) is 16.0. The fraction of sp³-hybridized carbons (Fsp3) is 0.173. The first-order valence-corrected chi connectivity index (χ1v) is 30.0. The average Bonchev–Trinajstić information content (AvgIpc) is 1.66. The van der Waals surface area contributed by atoms with Gasteiger partial charge in [0, 0.05) is 104 Å². The van der Waals surface area contributed by atoms with E-state index in [0.717, 1.165) is 65.2 Å². The highest BCUT2D eigenvalue weighted by Crippen LogP contribution is 2.38. The molecule has 12 rings (SSSR count). The zero-order valence-electron chi connectivity index (χ0n) is 50.9. The van der Waals surface area contributed by atoms with Gasteiger partial charge in [0.1, 0.15) is 34.4 Å². The molecule has 0 aliphatic carbocycles. The van der Waals surface area contributed by atoms with E-state index in [9.17, 15) is 24.3 Å². The summed E-state index contributed by atoms with van der Waals surface area (Å²) in [5.74, 6) is -0.0874. The monoisotopic (exact) mass is 1210 g/mol. The summed E-state index contributed by atoms with van der Waals surface area (Å²) in [4.78, 5) is 64.5. The maximum atomic E-state index is 14.8. The van der Waals surface area contributed by atoms with Crippen molar-refractivity contribution in [1.29, 1.82) is 0 Å². The van der Waals surface area contributed by atoms with Crippen LogP contribution >= 0.6 is 0 Å². The normalized spacial score (nSPS) is 11.9. The number of phenolic OH excluding ortho intramolecular Hbond substituents is 1. The van der Waals surface area contributed by atoms with Gasteiger partial charge in [0.05, 0.1) is 57.9 Å². The van der Waals surface area contributed by atoms with Crippen LogP contribution < -0.4 is 14.2 Å². The highest BCUT2D eigenvalue weighted by molar-refractivity contribution is 6.24. The number of oxime groups is 2. The van der Waals surface area contributed by atoms with E-state index in [1.807, 2.05) is 184 Å². The molecule has 456 valence electrons. The first-order valence-electron chi connectivity index (χ1n) is 30.0. The molecule has 91 heavy (non-hydrogen) atoms. The lowest BCUT2D eigenvalue weighted by atomic mass is 9.95. The van der Waals surface area contributed by atoms with Crippen LogP contribution in [0, 0.1) is 0 Å². The molecule has 0 spiro atoms. The van der Waals surface area contributed by atoms with Crippen LogP contribution in [-0.2, 0) is 41.8 Å². The molecule has 0 fully saturated rings. The smallest absolute Gasteiger partial charge is 0.332 e. The molecule has 0 amide bonds.